The molecular weight excluding hydrogens is 296 g/mol. The number of aromatic nitrogens is 1. The van der Waals surface area contributed by atoms with Gasteiger partial charge in [0, 0.05) is 17.6 Å². The Morgan fingerprint density at radius 2 is 2.25 bits per heavy atom. The summed E-state index contributed by atoms with van der Waals surface area (Å²) >= 11 is 3.11. The van der Waals surface area contributed by atoms with Crippen LogP contribution in [0.15, 0.2) is 5.38 Å². The molecule has 112 valence electrons. The molecule has 0 spiro atoms. The number of anilines is 1. The summed E-state index contributed by atoms with van der Waals surface area (Å²) in [6.45, 7) is 2.15. The van der Waals surface area contributed by atoms with E-state index < -0.39 is 0 Å². The monoisotopic (exact) mass is 316 g/mol. The van der Waals surface area contributed by atoms with Crippen LogP contribution in [0.25, 0.3) is 0 Å². The number of hydrogen-bond acceptors (Lipinski definition) is 6. The largest absolute Gasteiger partial charge is 0.469 e. The summed E-state index contributed by atoms with van der Waals surface area (Å²) in [6, 6.07) is 0. The van der Waals surface area contributed by atoms with E-state index in [1.807, 2.05) is 0 Å². The second kappa shape index (κ2) is 9.77. The van der Waals surface area contributed by atoms with Crippen LogP contribution in [0, 0.1) is 0 Å². The molecule has 0 unspecified atom stereocenters. The van der Waals surface area contributed by atoms with Crippen LogP contribution in [0.4, 0.5) is 5.13 Å². The molecule has 1 aromatic rings. The molecule has 0 radical (unpaired) electrons. The highest BCUT2D eigenvalue weighted by Crippen LogP contribution is 2.16. The summed E-state index contributed by atoms with van der Waals surface area (Å²) in [5, 5.41) is 5.03. The van der Waals surface area contributed by atoms with Gasteiger partial charge in [-0.3, -0.25) is 9.59 Å². The molecule has 1 aromatic heterocycles. The average Bonchev–Trinajstić information content (AvgIpc) is 2.85. The molecule has 0 saturated carbocycles. The van der Waals surface area contributed by atoms with E-state index in [-0.39, 0.29) is 18.3 Å². The molecule has 7 heteroatoms. The van der Waals surface area contributed by atoms with E-state index >= 15 is 0 Å². The van der Waals surface area contributed by atoms with Crippen LogP contribution in [0.3, 0.4) is 0 Å². The van der Waals surface area contributed by atoms with Crippen LogP contribution in [-0.2, 0) is 20.7 Å². The number of hydrogen-bond donors (Lipinski definition) is 1. The number of thioether (sulfide) groups is 1. The van der Waals surface area contributed by atoms with E-state index in [9.17, 15) is 9.59 Å². The Hall–Kier alpha value is -1.08. The maximum absolute atomic E-state index is 11.7. The number of carbonyl (C=O) groups is 2. The molecule has 0 aliphatic carbocycles. The van der Waals surface area contributed by atoms with Gasteiger partial charge in [-0.05, 0) is 12.2 Å². The minimum absolute atomic E-state index is 0.0343. The Bertz CT molecular complexity index is 435. The van der Waals surface area contributed by atoms with Crippen molar-refractivity contribution in [3.05, 3.63) is 11.1 Å². The fraction of sp³-hybridized carbons (Fsp3) is 0.615. The minimum atomic E-state index is -0.333. The lowest BCUT2D eigenvalue weighted by Gasteiger charge is -2.01. The zero-order valence-corrected chi connectivity index (χ0v) is 13.4. The number of esters is 1. The molecule has 1 amide bonds. The third-order valence-electron chi connectivity index (χ3n) is 2.47. The summed E-state index contributed by atoms with van der Waals surface area (Å²) in [5.74, 6) is 1.56. The van der Waals surface area contributed by atoms with Crippen LogP contribution in [0.1, 0.15) is 31.9 Å². The molecule has 0 aliphatic rings. The number of unbranched alkanes of at least 4 members (excludes halogenated alkanes) is 1. The van der Waals surface area contributed by atoms with Crippen molar-refractivity contribution in [2.24, 2.45) is 0 Å². The maximum Gasteiger partial charge on any atom is 0.311 e. The van der Waals surface area contributed by atoms with E-state index in [4.69, 9.17) is 0 Å². The highest BCUT2D eigenvalue weighted by Gasteiger charge is 2.09. The van der Waals surface area contributed by atoms with Crippen LogP contribution >= 0.6 is 23.1 Å². The standard InChI is InChI=1S/C13H20N2O3S2/c1-3-4-6-19-7-5-11(16)15-13-14-10(9-20-13)8-12(17)18-2/h9H,3-8H2,1-2H3,(H,14,15,16). The first kappa shape index (κ1) is 17.0. The van der Waals surface area contributed by atoms with Crippen molar-refractivity contribution >= 4 is 40.1 Å². The first-order valence-electron chi connectivity index (χ1n) is 6.54. The van der Waals surface area contributed by atoms with E-state index in [2.05, 4.69) is 22.0 Å². The molecule has 1 heterocycles. The van der Waals surface area contributed by atoms with E-state index in [1.165, 1.54) is 31.3 Å². The normalized spacial score (nSPS) is 10.3. The molecule has 0 fully saturated rings. The summed E-state index contributed by atoms with van der Waals surface area (Å²) < 4.78 is 4.57. The van der Waals surface area contributed by atoms with Crippen molar-refractivity contribution in [3.63, 3.8) is 0 Å². The molecule has 20 heavy (non-hydrogen) atoms. The number of thiazole rings is 1. The van der Waals surface area contributed by atoms with Crippen molar-refractivity contribution in [1.82, 2.24) is 4.98 Å². The van der Waals surface area contributed by atoms with Gasteiger partial charge in [-0.2, -0.15) is 11.8 Å². The van der Waals surface area contributed by atoms with E-state index in [0.717, 1.165) is 11.5 Å². The van der Waals surface area contributed by atoms with E-state index in [0.29, 0.717) is 17.2 Å². The summed E-state index contributed by atoms with van der Waals surface area (Å²) in [7, 11) is 1.34. The van der Waals surface area contributed by atoms with E-state index in [1.54, 1.807) is 17.1 Å². The Labute approximate surface area is 127 Å². The lowest BCUT2D eigenvalue weighted by Crippen LogP contribution is -2.12. The molecule has 0 aliphatic heterocycles. The number of methoxy groups -OCH3 is 1. The summed E-state index contributed by atoms with van der Waals surface area (Å²) in [5.41, 5.74) is 0.620. The Morgan fingerprint density at radius 3 is 2.95 bits per heavy atom. The van der Waals surface area contributed by atoms with Crippen molar-refractivity contribution in [1.29, 1.82) is 0 Å². The highest BCUT2D eigenvalue weighted by atomic mass is 32.2. The van der Waals surface area contributed by atoms with Gasteiger partial charge in [0.15, 0.2) is 5.13 Å². The van der Waals surface area contributed by atoms with Gasteiger partial charge in [-0.1, -0.05) is 13.3 Å². The number of ether oxygens (including phenoxy) is 1. The molecule has 0 saturated heterocycles. The zero-order chi connectivity index (χ0) is 14.8. The molecule has 0 atom stereocenters. The number of nitrogens with zero attached hydrogens (tertiary/aromatic N) is 1. The topological polar surface area (TPSA) is 68.3 Å². The van der Waals surface area contributed by atoms with Gasteiger partial charge in [0.1, 0.15) is 0 Å². The number of carbonyl (C=O) groups excluding carboxylic acids is 2. The van der Waals surface area contributed by atoms with Crippen LogP contribution in [0.5, 0.6) is 0 Å². The molecule has 5 nitrogen and oxygen atoms in total. The lowest BCUT2D eigenvalue weighted by molar-refractivity contribution is -0.139. The third kappa shape index (κ3) is 6.91. The Balaban J connectivity index is 2.26. The van der Waals surface area contributed by atoms with Crippen LogP contribution < -0.4 is 5.32 Å². The quantitative estimate of drug-likeness (QED) is 0.560. The van der Waals surface area contributed by atoms with Gasteiger partial charge >= 0.3 is 5.97 Å². The lowest BCUT2D eigenvalue weighted by atomic mass is 10.3. The minimum Gasteiger partial charge on any atom is -0.469 e. The Kier molecular flexibility index (Phi) is 8.29. The molecule has 1 rings (SSSR count). The molecule has 0 bridgehead atoms. The summed E-state index contributed by atoms with van der Waals surface area (Å²) in [6.07, 6.45) is 2.99. The first-order chi connectivity index (χ1) is 9.65. The smallest absolute Gasteiger partial charge is 0.311 e. The predicted octanol–water partition coefficient (Wildman–Crippen LogP) is 2.72. The second-order valence-electron chi connectivity index (χ2n) is 4.16. The Morgan fingerprint density at radius 1 is 1.45 bits per heavy atom. The van der Waals surface area contributed by atoms with Crippen LogP contribution in [-0.4, -0.2) is 35.5 Å². The van der Waals surface area contributed by atoms with Gasteiger partial charge in [-0.25, -0.2) is 4.98 Å². The predicted molar refractivity (Wildman–Crippen MR) is 83.3 cm³/mol. The van der Waals surface area contributed by atoms with Crippen molar-refractivity contribution in [3.8, 4) is 0 Å². The van der Waals surface area contributed by atoms with Crippen molar-refractivity contribution in [2.45, 2.75) is 32.6 Å². The number of rotatable bonds is 9. The highest BCUT2D eigenvalue weighted by molar-refractivity contribution is 7.99. The summed E-state index contributed by atoms with van der Waals surface area (Å²) in [4.78, 5) is 27.0. The fourth-order valence-electron chi connectivity index (χ4n) is 1.36. The van der Waals surface area contributed by atoms with Gasteiger partial charge < -0.3 is 10.1 Å². The zero-order valence-electron chi connectivity index (χ0n) is 11.8. The average molecular weight is 316 g/mol. The molecule has 1 N–H and O–H groups in total. The SMILES string of the molecule is CCCCSCCC(=O)Nc1nc(CC(=O)OC)cs1. The van der Waals surface area contributed by atoms with Gasteiger partial charge in [0.25, 0.3) is 0 Å². The van der Waals surface area contributed by atoms with Gasteiger partial charge in [-0.15, -0.1) is 11.3 Å². The fourth-order valence-corrected chi connectivity index (χ4v) is 3.11. The number of amides is 1. The van der Waals surface area contributed by atoms with Gasteiger partial charge in [0.05, 0.1) is 19.2 Å². The van der Waals surface area contributed by atoms with Crippen LogP contribution in [0.2, 0.25) is 0 Å². The molecular formula is C13H20N2O3S2. The first-order valence-corrected chi connectivity index (χ1v) is 8.58. The third-order valence-corrected chi connectivity index (χ3v) is 4.34. The number of nitrogens with one attached hydrogen (secondary N) is 1. The second-order valence-corrected chi connectivity index (χ2v) is 6.24. The van der Waals surface area contributed by atoms with Gasteiger partial charge in [0.2, 0.25) is 5.91 Å². The van der Waals surface area contributed by atoms with Crippen molar-refractivity contribution in [2.75, 3.05) is 23.9 Å². The molecule has 0 aromatic carbocycles. The maximum atomic E-state index is 11.7. The van der Waals surface area contributed by atoms with Crippen molar-refractivity contribution < 1.29 is 14.3 Å².